The van der Waals surface area contributed by atoms with Crippen LogP contribution in [0.2, 0.25) is 0 Å². The van der Waals surface area contributed by atoms with Crippen LogP contribution in [0.25, 0.3) is 0 Å². The van der Waals surface area contributed by atoms with Gasteiger partial charge in [-0.05, 0) is 5.92 Å². The summed E-state index contributed by atoms with van der Waals surface area (Å²) < 4.78 is 5.06. The molecule has 0 amide bonds. The number of aromatic nitrogens is 1. The predicted octanol–water partition coefficient (Wildman–Crippen LogP) is 1.67. The van der Waals surface area contributed by atoms with E-state index in [1.807, 2.05) is 0 Å². The van der Waals surface area contributed by atoms with E-state index < -0.39 is 5.97 Å². The molecule has 1 aliphatic carbocycles. The van der Waals surface area contributed by atoms with Crippen LogP contribution in [0.15, 0.2) is 10.7 Å². The first kappa shape index (κ1) is 9.24. The zero-order valence-corrected chi connectivity index (χ0v) is 8.23. The Bertz CT molecular complexity index is 358. The summed E-state index contributed by atoms with van der Waals surface area (Å²) in [6, 6.07) is 0. The summed E-state index contributed by atoms with van der Waals surface area (Å²) in [5.41, 5.74) is 0.979. The highest BCUT2D eigenvalue weighted by atomic mass is 16.5. The van der Waals surface area contributed by atoms with Gasteiger partial charge in [0.05, 0.1) is 12.1 Å². The maximum Gasteiger partial charge on any atom is 0.306 e. The molecule has 0 aromatic carbocycles. The van der Waals surface area contributed by atoms with Gasteiger partial charge in [0.25, 0.3) is 0 Å². The molecule has 0 radical (unpaired) electrons. The van der Waals surface area contributed by atoms with Crippen LogP contribution in [0.3, 0.4) is 0 Å². The van der Waals surface area contributed by atoms with Crippen molar-refractivity contribution in [2.75, 3.05) is 0 Å². The number of aliphatic carboxylic acids is 1. The summed E-state index contributed by atoms with van der Waals surface area (Å²) in [5.74, 6) is 0.115. The third-order valence-electron chi connectivity index (χ3n) is 3.08. The van der Waals surface area contributed by atoms with Crippen molar-refractivity contribution in [1.29, 1.82) is 0 Å². The Balaban J connectivity index is 2.32. The lowest BCUT2D eigenvalue weighted by Crippen LogP contribution is -2.21. The van der Waals surface area contributed by atoms with Crippen molar-refractivity contribution in [1.82, 2.24) is 5.16 Å². The standard InChI is InChI=1S/C10H13NO3/c1-5-3-8-7(4-11-14-8)9(5)6(2)10(12)13/h4-6,9H,3H2,1-2H3,(H,12,13). The number of carboxylic acids is 1. The number of hydrogen-bond acceptors (Lipinski definition) is 3. The van der Waals surface area contributed by atoms with Crippen molar-refractivity contribution in [3.63, 3.8) is 0 Å². The predicted molar refractivity (Wildman–Crippen MR) is 48.9 cm³/mol. The molecule has 1 aromatic rings. The van der Waals surface area contributed by atoms with E-state index in [4.69, 9.17) is 9.63 Å². The van der Waals surface area contributed by atoms with Gasteiger partial charge in [-0.25, -0.2) is 0 Å². The normalized spacial score (nSPS) is 27.3. The van der Waals surface area contributed by atoms with Gasteiger partial charge in [-0.3, -0.25) is 4.79 Å². The fourth-order valence-electron chi connectivity index (χ4n) is 2.34. The summed E-state index contributed by atoms with van der Waals surface area (Å²) in [6.45, 7) is 3.80. The van der Waals surface area contributed by atoms with E-state index >= 15 is 0 Å². The highest BCUT2D eigenvalue weighted by molar-refractivity contribution is 5.71. The molecule has 1 aromatic heterocycles. The maximum absolute atomic E-state index is 10.9. The summed E-state index contributed by atoms with van der Waals surface area (Å²) in [6.07, 6.45) is 2.46. The Morgan fingerprint density at radius 3 is 3.14 bits per heavy atom. The van der Waals surface area contributed by atoms with E-state index in [-0.39, 0.29) is 11.8 Å². The molecule has 1 aliphatic rings. The van der Waals surface area contributed by atoms with E-state index in [9.17, 15) is 4.79 Å². The first-order chi connectivity index (χ1) is 6.61. The van der Waals surface area contributed by atoms with Gasteiger partial charge in [-0.2, -0.15) is 0 Å². The van der Waals surface area contributed by atoms with Crippen molar-refractivity contribution in [2.24, 2.45) is 11.8 Å². The summed E-state index contributed by atoms with van der Waals surface area (Å²) in [7, 11) is 0. The molecule has 4 heteroatoms. The molecule has 1 heterocycles. The average Bonchev–Trinajstić information content (AvgIpc) is 2.62. The van der Waals surface area contributed by atoms with E-state index in [1.165, 1.54) is 0 Å². The van der Waals surface area contributed by atoms with E-state index in [1.54, 1.807) is 13.1 Å². The van der Waals surface area contributed by atoms with Gasteiger partial charge in [0, 0.05) is 17.9 Å². The molecule has 0 saturated heterocycles. The van der Waals surface area contributed by atoms with Crippen LogP contribution < -0.4 is 0 Å². The van der Waals surface area contributed by atoms with Crippen LogP contribution in [0.5, 0.6) is 0 Å². The highest BCUT2D eigenvalue weighted by Gasteiger charge is 2.39. The smallest absolute Gasteiger partial charge is 0.306 e. The van der Waals surface area contributed by atoms with E-state index in [0.29, 0.717) is 5.92 Å². The van der Waals surface area contributed by atoms with Crippen LogP contribution in [0, 0.1) is 11.8 Å². The van der Waals surface area contributed by atoms with Crippen LogP contribution in [-0.4, -0.2) is 16.2 Å². The molecule has 1 N–H and O–H groups in total. The van der Waals surface area contributed by atoms with E-state index in [0.717, 1.165) is 17.7 Å². The SMILES string of the molecule is CC1Cc2oncc2C1C(C)C(=O)O. The molecule has 0 fully saturated rings. The second-order valence-corrected chi connectivity index (χ2v) is 4.04. The van der Waals surface area contributed by atoms with Gasteiger partial charge in [-0.15, -0.1) is 0 Å². The lowest BCUT2D eigenvalue weighted by Gasteiger charge is -2.19. The Morgan fingerprint density at radius 2 is 2.50 bits per heavy atom. The van der Waals surface area contributed by atoms with Crippen LogP contribution in [-0.2, 0) is 11.2 Å². The minimum absolute atomic E-state index is 0.0498. The highest BCUT2D eigenvalue weighted by Crippen LogP contribution is 2.42. The molecule has 0 spiro atoms. The number of hydrogen-bond donors (Lipinski definition) is 1. The minimum atomic E-state index is -0.754. The molecule has 76 valence electrons. The van der Waals surface area contributed by atoms with Crippen LogP contribution in [0.1, 0.15) is 31.1 Å². The van der Waals surface area contributed by atoms with Crippen LogP contribution in [0.4, 0.5) is 0 Å². The summed E-state index contributed by atoms with van der Waals surface area (Å²) >= 11 is 0. The monoisotopic (exact) mass is 195 g/mol. The third kappa shape index (κ3) is 1.22. The lowest BCUT2D eigenvalue weighted by atomic mass is 9.84. The van der Waals surface area contributed by atoms with E-state index in [2.05, 4.69) is 12.1 Å². The van der Waals surface area contributed by atoms with Gasteiger partial charge < -0.3 is 9.63 Å². The molecule has 3 atom stereocenters. The number of rotatable bonds is 2. The fourth-order valence-corrected chi connectivity index (χ4v) is 2.34. The number of nitrogens with zero attached hydrogens (tertiary/aromatic N) is 1. The first-order valence-electron chi connectivity index (χ1n) is 4.77. The third-order valence-corrected chi connectivity index (χ3v) is 3.08. The first-order valence-corrected chi connectivity index (χ1v) is 4.77. The van der Waals surface area contributed by atoms with Crippen molar-refractivity contribution in [3.8, 4) is 0 Å². The Morgan fingerprint density at radius 1 is 1.79 bits per heavy atom. The molecule has 14 heavy (non-hydrogen) atoms. The summed E-state index contributed by atoms with van der Waals surface area (Å²) in [4.78, 5) is 10.9. The Kier molecular flexibility index (Phi) is 2.06. The quantitative estimate of drug-likeness (QED) is 0.779. The molecule has 3 unspecified atom stereocenters. The zero-order chi connectivity index (χ0) is 10.3. The minimum Gasteiger partial charge on any atom is -0.481 e. The second kappa shape index (κ2) is 3.12. The largest absolute Gasteiger partial charge is 0.481 e. The van der Waals surface area contributed by atoms with Crippen LogP contribution >= 0.6 is 0 Å². The molecule has 2 rings (SSSR count). The molecule has 0 bridgehead atoms. The van der Waals surface area contributed by atoms with Gasteiger partial charge in [0.1, 0.15) is 5.76 Å². The van der Waals surface area contributed by atoms with Gasteiger partial charge in [0.2, 0.25) is 0 Å². The Labute approximate surface area is 81.9 Å². The second-order valence-electron chi connectivity index (χ2n) is 4.04. The van der Waals surface area contributed by atoms with Crippen molar-refractivity contribution < 1.29 is 14.4 Å². The molecular weight excluding hydrogens is 182 g/mol. The van der Waals surface area contributed by atoms with Gasteiger partial charge >= 0.3 is 5.97 Å². The van der Waals surface area contributed by atoms with Crippen molar-refractivity contribution in [2.45, 2.75) is 26.2 Å². The number of carbonyl (C=O) groups is 1. The maximum atomic E-state index is 10.9. The zero-order valence-electron chi connectivity index (χ0n) is 8.23. The van der Waals surface area contributed by atoms with Gasteiger partial charge in [0.15, 0.2) is 0 Å². The van der Waals surface area contributed by atoms with Crippen molar-refractivity contribution >= 4 is 5.97 Å². The number of carboxylic acid groups (broad SMARTS) is 1. The average molecular weight is 195 g/mol. The molecule has 4 nitrogen and oxygen atoms in total. The van der Waals surface area contributed by atoms with Gasteiger partial charge in [-0.1, -0.05) is 19.0 Å². The Hall–Kier alpha value is -1.32. The summed E-state index contributed by atoms with van der Waals surface area (Å²) in [5, 5.41) is 12.7. The molecule has 0 aliphatic heterocycles. The molecular formula is C10H13NO3. The molecule has 0 saturated carbocycles. The fraction of sp³-hybridized carbons (Fsp3) is 0.600. The lowest BCUT2D eigenvalue weighted by molar-refractivity contribution is -0.142. The topological polar surface area (TPSA) is 63.3 Å². The van der Waals surface area contributed by atoms with Crippen molar-refractivity contribution in [3.05, 3.63) is 17.5 Å². The number of fused-ring (bicyclic) bond motifs is 1.